The summed E-state index contributed by atoms with van der Waals surface area (Å²) < 4.78 is 5.66. The van der Waals surface area contributed by atoms with E-state index in [9.17, 15) is 14.4 Å². The molecule has 0 saturated carbocycles. The number of amides is 3. The van der Waals surface area contributed by atoms with Crippen LogP contribution in [0.25, 0.3) is 0 Å². The number of hydrogen-bond donors (Lipinski definition) is 3. The van der Waals surface area contributed by atoms with Crippen molar-refractivity contribution in [2.45, 2.75) is 52.2 Å². The van der Waals surface area contributed by atoms with Gasteiger partial charge in [0.15, 0.2) is 0 Å². The molecule has 0 spiro atoms. The number of nitrogens with zero attached hydrogens (tertiary/aromatic N) is 1. The monoisotopic (exact) mass is 414 g/mol. The predicted molar refractivity (Wildman–Crippen MR) is 95.6 cm³/mol. The first kappa shape index (κ1) is 20.9. The van der Waals surface area contributed by atoms with Crippen LogP contribution in [0, 0.1) is 0 Å². The molecule has 0 fully saturated rings. The Morgan fingerprint density at radius 3 is 2.52 bits per heavy atom. The van der Waals surface area contributed by atoms with Crippen molar-refractivity contribution in [3.63, 3.8) is 0 Å². The number of ether oxygens (including phenoxy) is 1. The molecule has 138 valence electrons. The highest BCUT2D eigenvalue weighted by Gasteiger charge is 2.18. The number of hydrazine groups is 1. The van der Waals surface area contributed by atoms with E-state index in [1.54, 1.807) is 39.8 Å². The van der Waals surface area contributed by atoms with Gasteiger partial charge in [-0.2, -0.15) is 0 Å². The van der Waals surface area contributed by atoms with Crippen molar-refractivity contribution >= 4 is 33.8 Å². The Morgan fingerprint density at radius 1 is 1.24 bits per heavy atom. The highest BCUT2D eigenvalue weighted by atomic mass is 79.9. The van der Waals surface area contributed by atoms with E-state index in [0.29, 0.717) is 11.0 Å². The third-order valence-electron chi connectivity index (χ3n) is 2.83. The molecule has 0 aliphatic heterocycles. The topological polar surface area (TPSA) is 109 Å². The van der Waals surface area contributed by atoms with Gasteiger partial charge in [-0.25, -0.2) is 9.78 Å². The lowest BCUT2D eigenvalue weighted by Crippen LogP contribution is -2.43. The normalized spacial score (nSPS) is 12.0. The number of hydrogen-bond acceptors (Lipinski definition) is 5. The van der Waals surface area contributed by atoms with E-state index in [4.69, 9.17) is 4.74 Å². The summed E-state index contributed by atoms with van der Waals surface area (Å²) in [5.74, 6) is -0.893. The molecule has 0 aliphatic rings. The van der Waals surface area contributed by atoms with Gasteiger partial charge in [0.1, 0.15) is 15.9 Å². The van der Waals surface area contributed by atoms with Gasteiger partial charge in [0.05, 0.1) is 0 Å². The van der Waals surface area contributed by atoms with Gasteiger partial charge in [-0.05, 0) is 62.2 Å². The smallest absolute Gasteiger partial charge is 0.407 e. The van der Waals surface area contributed by atoms with Crippen molar-refractivity contribution < 1.29 is 19.1 Å². The van der Waals surface area contributed by atoms with Gasteiger partial charge >= 0.3 is 6.09 Å². The summed E-state index contributed by atoms with van der Waals surface area (Å²) in [4.78, 5) is 39.2. The molecule has 0 unspecified atom stereocenters. The standard InChI is InChI=1S/C16H23BrN4O4/c1-10(18-15(24)25-16(2,3)4)8-9-13(22)20-21-14(23)11-6-5-7-12(17)19-11/h5-7,10H,8-9H2,1-4H3,(H,18,24)(H,20,22)(H,21,23)/t10-/m0/s1. The molecule has 0 radical (unpaired) electrons. The quantitative estimate of drug-likeness (QED) is 0.505. The Morgan fingerprint density at radius 2 is 1.92 bits per heavy atom. The second-order valence-corrected chi connectivity index (χ2v) is 7.25. The van der Waals surface area contributed by atoms with Gasteiger partial charge in [-0.15, -0.1) is 0 Å². The van der Waals surface area contributed by atoms with E-state index in [1.807, 2.05) is 0 Å². The zero-order valence-electron chi connectivity index (χ0n) is 14.7. The van der Waals surface area contributed by atoms with Gasteiger partial charge in [0.25, 0.3) is 5.91 Å². The third kappa shape index (κ3) is 9.04. The second kappa shape index (κ2) is 9.36. The maximum Gasteiger partial charge on any atom is 0.407 e. The molecule has 0 aromatic carbocycles. The first-order valence-electron chi connectivity index (χ1n) is 7.78. The maximum absolute atomic E-state index is 11.8. The first-order valence-corrected chi connectivity index (χ1v) is 8.57. The van der Waals surface area contributed by atoms with Crippen LogP contribution in [-0.2, 0) is 9.53 Å². The second-order valence-electron chi connectivity index (χ2n) is 6.43. The van der Waals surface area contributed by atoms with E-state index < -0.39 is 17.6 Å². The summed E-state index contributed by atoms with van der Waals surface area (Å²) >= 11 is 3.17. The predicted octanol–water partition coefficient (Wildman–Crippen LogP) is 2.30. The van der Waals surface area contributed by atoms with Crippen LogP contribution in [0.4, 0.5) is 4.79 Å². The fourth-order valence-corrected chi connectivity index (χ4v) is 2.06. The van der Waals surface area contributed by atoms with Crippen molar-refractivity contribution in [1.82, 2.24) is 21.2 Å². The number of rotatable bonds is 5. The Kier molecular flexibility index (Phi) is 7.82. The van der Waals surface area contributed by atoms with Crippen molar-refractivity contribution in [2.24, 2.45) is 0 Å². The third-order valence-corrected chi connectivity index (χ3v) is 3.27. The lowest BCUT2D eigenvalue weighted by molar-refractivity contribution is -0.122. The zero-order valence-corrected chi connectivity index (χ0v) is 16.3. The minimum Gasteiger partial charge on any atom is -0.444 e. The number of aromatic nitrogens is 1. The summed E-state index contributed by atoms with van der Waals surface area (Å²) in [5.41, 5.74) is 4.20. The molecule has 0 bridgehead atoms. The highest BCUT2D eigenvalue weighted by molar-refractivity contribution is 9.10. The molecule has 3 N–H and O–H groups in total. The summed E-state index contributed by atoms with van der Waals surface area (Å²) in [6.07, 6.45) is -0.00590. The van der Waals surface area contributed by atoms with Gasteiger partial charge in [0, 0.05) is 12.5 Å². The summed E-state index contributed by atoms with van der Waals surface area (Å²) in [6.45, 7) is 7.08. The minimum absolute atomic E-state index is 0.128. The Balaban J connectivity index is 2.30. The largest absolute Gasteiger partial charge is 0.444 e. The van der Waals surface area contributed by atoms with E-state index in [2.05, 4.69) is 37.1 Å². The van der Waals surface area contributed by atoms with E-state index in [0.717, 1.165) is 0 Å². The van der Waals surface area contributed by atoms with Gasteiger partial charge in [-0.1, -0.05) is 6.07 Å². The molecule has 3 amide bonds. The highest BCUT2D eigenvalue weighted by Crippen LogP contribution is 2.08. The van der Waals surface area contributed by atoms with E-state index in [-0.39, 0.29) is 24.1 Å². The summed E-state index contributed by atoms with van der Waals surface area (Å²) in [7, 11) is 0. The minimum atomic E-state index is -0.577. The van der Waals surface area contributed by atoms with Crippen LogP contribution in [0.3, 0.4) is 0 Å². The van der Waals surface area contributed by atoms with Crippen LogP contribution in [0.15, 0.2) is 22.8 Å². The van der Waals surface area contributed by atoms with Crippen molar-refractivity contribution in [3.8, 4) is 0 Å². The van der Waals surface area contributed by atoms with Crippen molar-refractivity contribution in [1.29, 1.82) is 0 Å². The number of alkyl carbamates (subject to hydrolysis) is 1. The molecule has 8 nitrogen and oxygen atoms in total. The van der Waals surface area contributed by atoms with Gasteiger partial charge in [0.2, 0.25) is 5.91 Å². The Hall–Kier alpha value is -2.16. The molecule has 1 heterocycles. The Labute approximate surface area is 155 Å². The maximum atomic E-state index is 11.8. The SMILES string of the molecule is C[C@@H](CCC(=O)NNC(=O)c1cccc(Br)n1)NC(=O)OC(C)(C)C. The summed E-state index contributed by atoms with van der Waals surface area (Å²) in [5, 5.41) is 2.65. The van der Waals surface area contributed by atoms with Crippen LogP contribution in [0.5, 0.6) is 0 Å². The fraction of sp³-hybridized carbons (Fsp3) is 0.500. The van der Waals surface area contributed by atoms with Crippen molar-refractivity contribution in [2.75, 3.05) is 0 Å². The molecule has 1 aromatic rings. The molecule has 0 saturated heterocycles. The molecule has 9 heteroatoms. The average Bonchev–Trinajstić information content (AvgIpc) is 2.48. The number of nitrogens with one attached hydrogen (secondary N) is 3. The van der Waals surface area contributed by atoms with Crippen LogP contribution < -0.4 is 16.2 Å². The molecule has 1 aromatic heterocycles. The number of carbonyl (C=O) groups is 3. The summed E-state index contributed by atoms with van der Waals surface area (Å²) in [6, 6.07) is 4.63. The molecule has 1 rings (SSSR count). The lowest BCUT2D eigenvalue weighted by Gasteiger charge is -2.21. The molecule has 25 heavy (non-hydrogen) atoms. The average molecular weight is 415 g/mol. The van der Waals surface area contributed by atoms with Crippen LogP contribution in [0.1, 0.15) is 51.0 Å². The van der Waals surface area contributed by atoms with E-state index in [1.165, 1.54) is 6.07 Å². The number of halogens is 1. The fourth-order valence-electron chi connectivity index (χ4n) is 1.72. The van der Waals surface area contributed by atoms with Crippen molar-refractivity contribution in [3.05, 3.63) is 28.5 Å². The number of pyridine rings is 1. The Bertz CT molecular complexity index is 631. The van der Waals surface area contributed by atoms with Gasteiger partial charge in [-0.3, -0.25) is 20.4 Å². The number of carbonyl (C=O) groups excluding carboxylic acids is 3. The van der Waals surface area contributed by atoms with Gasteiger partial charge < -0.3 is 10.1 Å². The van der Waals surface area contributed by atoms with Crippen LogP contribution in [-0.4, -0.2) is 34.5 Å². The molecular weight excluding hydrogens is 392 g/mol. The molecule has 0 aliphatic carbocycles. The molecular formula is C16H23BrN4O4. The lowest BCUT2D eigenvalue weighted by atomic mass is 10.2. The first-order chi connectivity index (χ1) is 11.6. The van der Waals surface area contributed by atoms with Crippen LogP contribution >= 0.6 is 15.9 Å². The van der Waals surface area contributed by atoms with E-state index >= 15 is 0 Å². The molecule has 1 atom stereocenters. The zero-order chi connectivity index (χ0) is 19.0. The van der Waals surface area contributed by atoms with Crippen LogP contribution in [0.2, 0.25) is 0 Å².